The van der Waals surface area contributed by atoms with E-state index in [0.717, 1.165) is 37.3 Å². The number of aryl methyl sites for hydroxylation is 1. The standard InChI is InChI=1S/C33H26IN3O4/c1-22-7-17-30(25-5-3-2-4-6-25)37(22)28-15-13-26(14-16-28)32(38)36-35-20-24-10-18-31(29(34)19-24)41-21-23-8-11-27(12-9-23)33(39)40/h2-20H,21H2,1H3,(H,36,38)(H,39,40)/b35-20+. The summed E-state index contributed by atoms with van der Waals surface area (Å²) in [4.78, 5) is 23.7. The molecule has 0 unspecified atom stereocenters. The number of nitrogens with zero attached hydrogens (tertiary/aromatic N) is 2. The number of rotatable bonds is 9. The second-order valence-electron chi connectivity index (χ2n) is 9.29. The minimum atomic E-state index is -0.959. The molecule has 0 aliphatic carbocycles. The van der Waals surface area contributed by atoms with Gasteiger partial charge in [-0.2, -0.15) is 5.10 Å². The summed E-state index contributed by atoms with van der Waals surface area (Å²) in [5.74, 6) is -0.565. The molecule has 5 rings (SSSR count). The smallest absolute Gasteiger partial charge is 0.335 e. The number of hydrogen-bond donors (Lipinski definition) is 2. The summed E-state index contributed by atoms with van der Waals surface area (Å²) in [5.41, 5.74) is 9.29. The van der Waals surface area contributed by atoms with Gasteiger partial charge in [-0.25, -0.2) is 10.2 Å². The maximum atomic E-state index is 12.7. The van der Waals surface area contributed by atoms with Crippen molar-refractivity contribution in [1.29, 1.82) is 0 Å². The summed E-state index contributed by atoms with van der Waals surface area (Å²) < 4.78 is 8.93. The lowest BCUT2D eigenvalue weighted by atomic mass is 10.1. The molecule has 204 valence electrons. The van der Waals surface area contributed by atoms with Gasteiger partial charge in [-0.05, 0) is 113 Å². The molecule has 41 heavy (non-hydrogen) atoms. The summed E-state index contributed by atoms with van der Waals surface area (Å²) in [6.45, 7) is 2.37. The Bertz CT molecular complexity index is 1710. The van der Waals surface area contributed by atoms with Crippen LogP contribution in [0.25, 0.3) is 16.9 Å². The lowest BCUT2D eigenvalue weighted by Gasteiger charge is -2.12. The second-order valence-corrected chi connectivity index (χ2v) is 10.5. The molecular weight excluding hydrogens is 629 g/mol. The van der Waals surface area contributed by atoms with Crippen LogP contribution < -0.4 is 10.2 Å². The molecule has 4 aromatic carbocycles. The highest BCUT2D eigenvalue weighted by Gasteiger charge is 2.11. The molecule has 0 aliphatic heterocycles. The first-order valence-corrected chi connectivity index (χ1v) is 13.9. The molecule has 0 bridgehead atoms. The molecule has 0 fully saturated rings. The number of aromatic carboxylic acids is 1. The SMILES string of the molecule is Cc1ccc(-c2ccccc2)n1-c1ccc(C(=O)N/N=C/c2ccc(OCc3ccc(C(=O)O)cc3)c(I)c2)cc1. The zero-order valence-electron chi connectivity index (χ0n) is 22.1. The zero-order chi connectivity index (χ0) is 28.8. The van der Waals surface area contributed by atoms with Crippen molar-refractivity contribution in [3.05, 3.63) is 141 Å². The lowest BCUT2D eigenvalue weighted by Crippen LogP contribution is -2.17. The molecule has 0 spiro atoms. The molecule has 0 atom stereocenters. The third kappa shape index (κ3) is 6.72. The highest BCUT2D eigenvalue weighted by Crippen LogP contribution is 2.27. The summed E-state index contributed by atoms with van der Waals surface area (Å²) in [6, 6.07) is 34.0. The van der Waals surface area contributed by atoms with Crippen LogP contribution in [0, 0.1) is 10.5 Å². The summed E-state index contributed by atoms with van der Waals surface area (Å²) in [5, 5.41) is 13.1. The highest BCUT2D eigenvalue weighted by atomic mass is 127. The number of carbonyl (C=O) groups excluding carboxylic acids is 1. The number of hydrazone groups is 1. The van der Waals surface area contributed by atoms with Crippen molar-refractivity contribution < 1.29 is 19.4 Å². The topological polar surface area (TPSA) is 92.9 Å². The number of amides is 1. The van der Waals surface area contributed by atoms with Crippen LogP contribution in [-0.4, -0.2) is 27.8 Å². The predicted molar refractivity (Wildman–Crippen MR) is 168 cm³/mol. The number of ether oxygens (including phenoxy) is 1. The third-order valence-electron chi connectivity index (χ3n) is 6.46. The Morgan fingerprint density at radius 3 is 2.29 bits per heavy atom. The van der Waals surface area contributed by atoms with Crippen LogP contribution in [0.2, 0.25) is 0 Å². The molecule has 0 radical (unpaired) electrons. The largest absolute Gasteiger partial charge is 0.488 e. The Morgan fingerprint density at radius 2 is 1.61 bits per heavy atom. The van der Waals surface area contributed by atoms with E-state index in [4.69, 9.17) is 9.84 Å². The minimum Gasteiger partial charge on any atom is -0.488 e. The predicted octanol–water partition coefficient (Wildman–Crippen LogP) is 7.10. The van der Waals surface area contributed by atoms with E-state index in [-0.39, 0.29) is 11.5 Å². The molecule has 8 heteroatoms. The maximum Gasteiger partial charge on any atom is 0.335 e. The van der Waals surface area contributed by atoms with Crippen molar-refractivity contribution in [3.63, 3.8) is 0 Å². The van der Waals surface area contributed by atoms with Crippen molar-refractivity contribution in [2.75, 3.05) is 0 Å². The third-order valence-corrected chi connectivity index (χ3v) is 7.31. The van der Waals surface area contributed by atoms with Gasteiger partial charge in [0.05, 0.1) is 21.0 Å². The van der Waals surface area contributed by atoms with Gasteiger partial charge in [0.1, 0.15) is 12.4 Å². The van der Waals surface area contributed by atoms with Crippen molar-refractivity contribution in [2.45, 2.75) is 13.5 Å². The molecule has 1 heterocycles. The lowest BCUT2D eigenvalue weighted by molar-refractivity contribution is 0.0696. The monoisotopic (exact) mass is 655 g/mol. The Morgan fingerprint density at radius 1 is 0.902 bits per heavy atom. The van der Waals surface area contributed by atoms with Gasteiger partial charge in [0, 0.05) is 16.9 Å². The van der Waals surface area contributed by atoms with Crippen LogP contribution in [0.1, 0.15) is 37.5 Å². The zero-order valence-corrected chi connectivity index (χ0v) is 24.3. The molecular formula is C33H26IN3O4. The Balaban J connectivity index is 1.19. The fraction of sp³-hybridized carbons (Fsp3) is 0.0606. The number of aromatic nitrogens is 1. The van der Waals surface area contributed by atoms with Gasteiger partial charge in [-0.1, -0.05) is 42.5 Å². The summed E-state index contributed by atoms with van der Waals surface area (Å²) in [7, 11) is 0. The fourth-order valence-electron chi connectivity index (χ4n) is 4.33. The van der Waals surface area contributed by atoms with Gasteiger partial charge < -0.3 is 14.4 Å². The first kappa shape index (κ1) is 27.9. The van der Waals surface area contributed by atoms with Gasteiger partial charge in [0.2, 0.25) is 0 Å². The van der Waals surface area contributed by atoms with Crippen LogP contribution in [0.15, 0.2) is 114 Å². The van der Waals surface area contributed by atoms with Crippen molar-refractivity contribution in [2.24, 2.45) is 5.10 Å². The quantitative estimate of drug-likeness (QED) is 0.101. The van der Waals surface area contributed by atoms with E-state index in [0.29, 0.717) is 17.9 Å². The van der Waals surface area contributed by atoms with Gasteiger partial charge in [0.25, 0.3) is 5.91 Å². The normalized spacial score (nSPS) is 11.0. The second kappa shape index (κ2) is 12.6. The maximum absolute atomic E-state index is 12.7. The Labute approximate surface area is 251 Å². The number of carbonyl (C=O) groups is 2. The molecule has 0 saturated carbocycles. The van der Waals surface area contributed by atoms with E-state index in [9.17, 15) is 9.59 Å². The van der Waals surface area contributed by atoms with E-state index in [1.54, 1.807) is 42.6 Å². The first-order valence-electron chi connectivity index (χ1n) is 12.8. The summed E-state index contributed by atoms with van der Waals surface area (Å²) in [6.07, 6.45) is 1.58. The molecule has 7 nitrogen and oxygen atoms in total. The van der Waals surface area contributed by atoms with Crippen LogP contribution in [0.4, 0.5) is 0 Å². The molecule has 5 aromatic rings. The molecule has 2 N–H and O–H groups in total. The number of carboxylic acids is 1. The average Bonchev–Trinajstić information content (AvgIpc) is 3.38. The van der Waals surface area contributed by atoms with Gasteiger partial charge in [0.15, 0.2) is 0 Å². The van der Waals surface area contributed by atoms with Crippen molar-refractivity contribution >= 4 is 40.7 Å². The van der Waals surface area contributed by atoms with Crippen LogP contribution in [0.5, 0.6) is 5.75 Å². The number of nitrogens with one attached hydrogen (secondary N) is 1. The number of benzene rings is 4. The molecule has 1 aromatic heterocycles. The average molecular weight is 655 g/mol. The van der Waals surface area contributed by atoms with Crippen molar-refractivity contribution in [1.82, 2.24) is 9.99 Å². The van der Waals surface area contributed by atoms with Gasteiger partial charge in [-0.3, -0.25) is 4.79 Å². The van der Waals surface area contributed by atoms with Gasteiger partial charge in [-0.15, -0.1) is 0 Å². The summed E-state index contributed by atoms with van der Waals surface area (Å²) >= 11 is 2.18. The molecule has 1 amide bonds. The van der Waals surface area contributed by atoms with Gasteiger partial charge >= 0.3 is 5.97 Å². The number of hydrogen-bond acceptors (Lipinski definition) is 4. The van der Waals surface area contributed by atoms with Crippen LogP contribution in [-0.2, 0) is 6.61 Å². The van der Waals surface area contributed by atoms with Crippen LogP contribution >= 0.6 is 22.6 Å². The Kier molecular flexibility index (Phi) is 8.59. The molecule has 0 saturated heterocycles. The van der Waals surface area contributed by atoms with E-state index >= 15 is 0 Å². The molecule has 0 aliphatic rings. The van der Waals surface area contributed by atoms with E-state index < -0.39 is 5.97 Å². The first-order chi connectivity index (χ1) is 19.9. The van der Waals surface area contributed by atoms with Crippen LogP contribution in [0.3, 0.4) is 0 Å². The fourth-order valence-corrected chi connectivity index (χ4v) is 5.02. The van der Waals surface area contributed by atoms with E-state index in [1.807, 2.05) is 48.5 Å². The van der Waals surface area contributed by atoms with E-state index in [1.165, 1.54) is 0 Å². The number of halogens is 1. The number of carboxylic acid groups (broad SMARTS) is 1. The van der Waals surface area contributed by atoms with Crippen molar-refractivity contribution in [3.8, 4) is 22.7 Å². The Hall–Kier alpha value is -4.70. The highest BCUT2D eigenvalue weighted by molar-refractivity contribution is 14.1. The minimum absolute atomic E-state index is 0.237. The van der Waals surface area contributed by atoms with E-state index in [2.05, 4.69) is 68.9 Å².